The molecular weight excluding hydrogens is 459 g/mol. The van der Waals surface area contributed by atoms with E-state index < -0.39 is 5.79 Å². The molecular formula is C25H24Cl2N4O2. The number of pyridine rings is 1. The quantitative estimate of drug-likeness (QED) is 0.333. The summed E-state index contributed by atoms with van der Waals surface area (Å²) in [5.41, 5.74) is 3.04. The predicted molar refractivity (Wildman–Crippen MR) is 129 cm³/mol. The van der Waals surface area contributed by atoms with Gasteiger partial charge in [-0.15, -0.1) is 0 Å². The van der Waals surface area contributed by atoms with E-state index in [2.05, 4.69) is 50.0 Å². The summed E-state index contributed by atoms with van der Waals surface area (Å²) in [7, 11) is 0. The topological polar surface area (TPSA) is 62.1 Å². The van der Waals surface area contributed by atoms with E-state index in [1.165, 1.54) is 5.56 Å². The Morgan fingerprint density at radius 2 is 1.94 bits per heavy atom. The van der Waals surface area contributed by atoms with Gasteiger partial charge in [-0.2, -0.15) is 0 Å². The van der Waals surface area contributed by atoms with Crippen LogP contribution >= 0.6 is 23.2 Å². The molecule has 1 saturated heterocycles. The molecule has 1 aliphatic carbocycles. The number of aryl methyl sites for hydroxylation is 1. The number of hydrogen-bond donors (Lipinski definition) is 0. The number of halogens is 2. The van der Waals surface area contributed by atoms with Crippen molar-refractivity contribution in [3.63, 3.8) is 0 Å². The van der Waals surface area contributed by atoms with Crippen LogP contribution < -0.4 is 0 Å². The van der Waals surface area contributed by atoms with Gasteiger partial charge in [0.2, 0.25) is 0 Å². The maximum atomic E-state index is 6.40. The summed E-state index contributed by atoms with van der Waals surface area (Å²) in [6, 6.07) is 10.4. The standard InChI is InChI=1S/C25H24Cl2N4O2/c1-25(2)32-21-16(6-4-14-3-5-15-10-18(26)23(27)30-19(15)9-14)11-20(22(21)33-25)31-8-7-17-12-28-13-29-24(17)31/h3,5,7-10,12-13,16,20-22H,4,6,11H2,1-2H3/t16-,20+,21+,22-/m0/s1. The molecule has 6 nitrogen and oxygen atoms in total. The van der Waals surface area contributed by atoms with Crippen molar-refractivity contribution >= 4 is 45.1 Å². The van der Waals surface area contributed by atoms with E-state index in [-0.39, 0.29) is 18.2 Å². The molecule has 170 valence electrons. The lowest BCUT2D eigenvalue weighted by molar-refractivity contribution is -0.160. The zero-order valence-electron chi connectivity index (χ0n) is 18.4. The molecule has 4 aromatic rings. The van der Waals surface area contributed by atoms with E-state index in [9.17, 15) is 0 Å². The fourth-order valence-corrected chi connectivity index (χ4v) is 5.75. The molecule has 0 amide bonds. The third kappa shape index (κ3) is 3.79. The van der Waals surface area contributed by atoms with Crippen molar-refractivity contribution in [2.75, 3.05) is 0 Å². The van der Waals surface area contributed by atoms with Gasteiger partial charge >= 0.3 is 0 Å². The molecule has 0 radical (unpaired) electrons. The van der Waals surface area contributed by atoms with Crippen molar-refractivity contribution in [2.45, 2.75) is 57.1 Å². The number of hydrogen-bond acceptors (Lipinski definition) is 5. The third-order valence-electron chi connectivity index (χ3n) is 6.88. The number of fused-ring (bicyclic) bond motifs is 3. The maximum absolute atomic E-state index is 6.40. The Morgan fingerprint density at radius 1 is 1.09 bits per heavy atom. The lowest BCUT2D eigenvalue weighted by atomic mass is 9.95. The van der Waals surface area contributed by atoms with Crippen LogP contribution in [0.2, 0.25) is 10.2 Å². The average molecular weight is 483 g/mol. The second kappa shape index (κ2) is 7.91. The second-order valence-corrected chi connectivity index (χ2v) is 10.2. The van der Waals surface area contributed by atoms with Crippen molar-refractivity contribution in [3.8, 4) is 0 Å². The summed E-state index contributed by atoms with van der Waals surface area (Å²) in [5.74, 6) is -0.217. The molecule has 1 aliphatic heterocycles. The van der Waals surface area contributed by atoms with Crippen LogP contribution in [-0.2, 0) is 15.9 Å². The summed E-state index contributed by atoms with van der Waals surface area (Å²) in [6.07, 6.45) is 8.51. The predicted octanol–water partition coefficient (Wildman–Crippen LogP) is 6.00. The number of benzene rings is 1. The van der Waals surface area contributed by atoms with E-state index in [1.54, 1.807) is 6.33 Å². The van der Waals surface area contributed by atoms with Gasteiger partial charge in [-0.25, -0.2) is 15.0 Å². The van der Waals surface area contributed by atoms with Gasteiger partial charge in [0.15, 0.2) is 5.79 Å². The van der Waals surface area contributed by atoms with Gasteiger partial charge in [-0.3, -0.25) is 0 Å². The van der Waals surface area contributed by atoms with Gasteiger partial charge in [0, 0.05) is 23.2 Å². The Labute approximate surface area is 201 Å². The van der Waals surface area contributed by atoms with Crippen molar-refractivity contribution in [3.05, 3.63) is 64.8 Å². The zero-order valence-corrected chi connectivity index (χ0v) is 19.9. The van der Waals surface area contributed by atoms with Gasteiger partial charge in [0.25, 0.3) is 0 Å². The van der Waals surface area contributed by atoms with Crippen LogP contribution in [0.1, 0.15) is 38.3 Å². The largest absolute Gasteiger partial charge is 0.344 e. The normalized spacial score (nSPS) is 26.3. The van der Waals surface area contributed by atoms with E-state index in [0.717, 1.165) is 41.2 Å². The second-order valence-electron chi connectivity index (χ2n) is 9.48. The van der Waals surface area contributed by atoms with Crippen molar-refractivity contribution in [1.82, 2.24) is 19.5 Å². The minimum Gasteiger partial charge on any atom is -0.344 e. The Morgan fingerprint density at radius 3 is 2.82 bits per heavy atom. The molecule has 0 spiro atoms. The molecule has 33 heavy (non-hydrogen) atoms. The molecule has 4 atom stereocenters. The molecule has 2 aliphatic rings. The van der Waals surface area contributed by atoms with Gasteiger partial charge in [0.05, 0.1) is 22.7 Å². The molecule has 0 unspecified atom stereocenters. The van der Waals surface area contributed by atoms with Crippen LogP contribution in [-0.4, -0.2) is 37.5 Å². The SMILES string of the molecule is CC1(C)O[C@@H]2[C@@H](CCc3ccc4cc(Cl)c(Cl)nc4c3)C[C@@H](n3ccc4cncnc43)[C@@H]2O1. The molecule has 1 aromatic carbocycles. The average Bonchev–Trinajstić information content (AvgIpc) is 3.44. The van der Waals surface area contributed by atoms with Crippen molar-refractivity contribution in [2.24, 2.45) is 5.92 Å². The molecule has 2 fully saturated rings. The van der Waals surface area contributed by atoms with Gasteiger partial charge < -0.3 is 14.0 Å². The van der Waals surface area contributed by atoms with Crippen LogP contribution in [0.4, 0.5) is 0 Å². The summed E-state index contributed by atoms with van der Waals surface area (Å²) >= 11 is 12.2. The highest BCUT2D eigenvalue weighted by Crippen LogP contribution is 2.49. The Hall–Kier alpha value is -2.25. The first kappa shape index (κ1) is 21.3. The third-order valence-corrected chi connectivity index (χ3v) is 7.56. The van der Waals surface area contributed by atoms with E-state index >= 15 is 0 Å². The minimum atomic E-state index is -0.590. The Kier molecular flexibility index (Phi) is 5.11. The van der Waals surface area contributed by atoms with E-state index in [0.29, 0.717) is 16.1 Å². The Balaban J connectivity index is 1.26. The van der Waals surface area contributed by atoms with Gasteiger partial charge in [-0.1, -0.05) is 35.3 Å². The highest BCUT2D eigenvalue weighted by molar-refractivity contribution is 6.41. The van der Waals surface area contributed by atoms with Gasteiger partial charge in [0.1, 0.15) is 23.2 Å². The number of aromatic nitrogens is 4. The summed E-state index contributed by atoms with van der Waals surface area (Å²) in [5, 5.41) is 2.84. The van der Waals surface area contributed by atoms with Crippen molar-refractivity contribution in [1.29, 1.82) is 0 Å². The molecule has 1 saturated carbocycles. The highest BCUT2D eigenvalue weighted by atomic mass is 35.5. The first-order valence-corrected chi connectivity index (χ1v) is 12.0. The van der Waals surface area contributed by atoms with Gasteiger partial charge in [-0.05, 0) is 62.8 Å². The van der Waals surface area contributed by atoms with E-state index in [1.807, 2.05) is 26.1 Å². The van der Waals surface area contributed by atoms with Crippen LogP contribution in [0.3, 0.4) is 0 Å². The fourth-order valence-electron chi connectivity index (χ4n) is 5.45. The maximum Gasteiger partial charge on any atom is 0.163 e. The van der Waals surface area contributed by atoms with Crippen LogP contribution in [0.25, 0.3) is 21.9 Å². The van der Waals surface area contributed by atoms with Crippen LogP contribution in [0, 0.1) is 5.92 Å². The van der Waals surface area contributed by atoms with Crippen LogP contribution in [0.15, 0.2) is 49.1 Å². The van der Waals surface area contributed by atoms with E-state index in [4.69, 9.17) is 32.7 Å². The summed E-state index contributed by atoms with van der Waals surface area (Å²) in [4.78, 5) is 13.1. The summed E-state index contributed by atoms with van der Waals surface area (Å²) in [6.45, 7) is 4.00. The lowest BCUT2D eigenvalue weighted by Crippen LogP contribution is -2.27. The number of nitrogens with zero attached hydrogens (tertiary/aromatic N) is 4. The molecule has 4 heterocycles. The Bertz CT molecular complexity index is 1360. The van der Waals surface area contributed by atoms with Crippen LogP contribution in [0.5, 0.6) is 0 Å². The smallest absolute Gasteiger partial charge is 0.163 e. The number of ether oxygens (including phenoxy) is 2. The molecule has 3 aromatic heterocycles. The first-order valence-electron chi connectivity index (χ1n) is 11.2. The molecule has 0 bridgehead atoms. The lowest BCUT2D eigenvalue weighted by Gasteiger charge is -2.24. The molecule has 8 heteroatoms. The zero-order chi connectivity index (χ0) is 22.7. The highest BCUT2D eigenvalue weighted by Gasteiger charge is 2.54. The summed E-state index contributed by atoms with van der Waals surface area (Å²) < 4.78 is 15.0. The fraction of sp³-hybridized carbons (Fsp3) is 0.400. The van der Waals surface area contributed by atoms with Crippen molar-refractivity contribution < 1.29 is 9.47 Å². The molecule has 0 N–H and O–H groups in total. The number of rotatable bonds is 4. The monoisotopic (exact) mass is 482 g/mol. The minimum absolute atomic E-state index is 0.00483. The molecule has 6 rings (SSSR count). The first-order chi connectivity index (χ1) is 15.9.